The Labute approximate surface area is 130 Å². The van der Waals surface area contributed by atoms with Crippen molar-refractivity contribution in [1.82, 2.24) is 0 Å². The fraction of sp³-hybridized carbons (Fsp3) is 0.200. The summed E-state index contributed by atoms with van der Waals surface area (Å²) in [7, 11) is 0. The van der Waals surface area contributed by atoms with E-state index in [1.807, 2.05) is 13.0 Å². The fourth-order valence-electron chi connectivity index (χ4n) is 1.92. The van der Waals surface area contributed by atoms with Crippen molar-refractivity contribution in [3.8, 4) is 0 Å². The number of anilines is 1. The van der Waals surface area contributed by atoms with Crippen LogP contribution in [-0.4, -0.2) is 0 Å². The van der Waals surface area contributed by atoms with E-state index in [1.54, 1.807) is 13.0 Å². The number of nitrogens with one attached hydrogen (secondary N) is 1. The maximum atomic E-state index is 13.7. The van der Waals surface area contributed by atoms with Crippen LogP contribution in [0, 0.1) is 18.6 Å². The predicted octanol–water partition coefficient (Wildman–Crippen LogP) is 5.86. The minimum absolute atomic E-state index is 0.314. The monoisotopic (exact) mass is 359 g/mol. The van der Waals surface area contributed by atoms with Crippen LogP contribution in [0.2, 0.25) is 5.02 Å². The third kappa shape index (κ3) is 3.30. The van der Waals surface area contributed by atoms with Crippen molar-refractivity contribution in [2.75, 3.05) is 5.32 Å². The standard InChI is InChI=1S/C15H13BrClF2N/c1-8-5-12(16)15(7-13(8)17)20-9(2)11-4-3-10(18)6-14(11)19/h3-7,9,20H,1-2H3. The van der Waals surface area contributed by atoms with Gasteiger partial charge in [-0.05, 0) is 53.5 Å². The zero-order chi connectivity index (χ0) is 14.9. The summed E-state index contributed by atoms with van der Waals surface area (Å²) in [6, 6.07) is 6.91. The van der Waals surface area contributed by atoms with E-state index in [-0.39, 0.29) is 6.04 Å². The van der Waals surface area contributed by atoms with Crippen molar-refractivity contribution in [3.05, 3.63) is 62.6 Å². The molecule has 0 aliphatic rings. The lowest BCUT2D eigenvalue weighted by atomic mass is 10.1. The van der Waals surface area contributed by atoms with Gasteiger partial charge in [0.25, 0.3) is 0 Å². The van der Waals surface area contributed by atoms with Crippen LogP contribution in [0.25, 0.3) is 0 Å². The molecular weight excluding hydrogens is 348 g/mol. The molecule has 2 aromatic rings. The van der Waals surface area contributed by atoms with Crippen molar-refractivity contribution in [2.45, 2.75) is 19.9 Å². The van der Waals surface area contributed by atoms with Gasteiger partial charge in [0.2, 0.25) is 0 Å². The molecule has 1 N–H and O–H groups in total. The number of rotatable bonds is 3. The zero-order valence-corrected chi connectivity index (χ0v) is 13.3. The first-order chi connectivity index (χ1) is 9.38. The minimum Gasteiger partial charge on any atom is -0.377 e. The molecule has 20 heavy (non-hydrogen) atoms. The molecule has 0 radical (unpaired) electrons. The molecule has 0 bridgehead atoms. The van der Waals surface area contributed by atoms with E-state index in [0.717, 1.165) is 21.8 Å². The van der Waals surface area contributed by atoms with Crippen molar-refractivity contribution in [3.63, 3.8) is 0 Å². The molecule has 0 aromatic heterocycles. The van der Waals surface area contributed by atoms with Gasteiger partial charge < -0.3 is 5.32 Å². The Morgan fingerprint density at radius 3 is 2.55 bits per heavy atom. The Morgan fingerprint density at radius 2 is 1.90 bits per heavy atom. The van der Waals surface area contributed by atoms with Gasteiger partial charge >= 0.3 is 0 Å². The lowest BCUT2D eigenvalue weighted by molar-refractivity contribution is 0.566. The number of benzene rings is 2. The van der Waals surface area contributed by atoms with E-state index in [4.69, 9.17) is 11.6 Å². The normalized spacial score (nSPS) is 12.3. The smallest absolute Gasteiger partial charge is 0.131 e. The summed E-state index contributed by atoms with van der Waals surface area (Å²) in [5.74, 6) is -1.16. The summed E-state index contributed by atoms with van der Waals surface area (Å²) in [6.45, 7) is 3.70. The highest BCUT2D eigenvalue weighted by molar-refractivity contribution is 9.10. The third-order valence-corrected chi connectivity index (χ3v) is 4.11. The van der Waals surface area contributed by atoms with E-state index < -0.39 is 11.6 Å². The molecule has 0 fully saturated rings. The van der Waals surface area contributed by atoms with Gasteiger partial charge in [0, 0.05) is 21.1 Å². The lowest BCUT2D eigenvalue weighted by Gasteiger charge is -2.18. The summed E-state index contributed by atoms with van der Waals surface area (Å²) < 4.78 is 27.5. The molecule has 0 aliphatic heterocycles. The highest BCUT2D eigenvalue weighted by atomic mass is 79.9. The van der Waals surface area contributed by atoms with Crippen LogP contribution >= 0.6 is 27.5 Å². The molecule has 0 heterocycles. The van der Waals surface area contributed by atoms with Crippen molar-refractivity contribution >= 4 is 33.2 Å². The van der Waals surface area contributed by atoms with Gasteiger partial charge in [-0.3, -0.25) is 0 Å². The molecule has 5 heteroatoms. The van der Waals surface area contributed by atoms with Crippen LogP contribution in [0.5, 0.6) is 0 Å². The van der Waals surface area contributed by atoms with Gasteiger partial charge in [0.15, 0.2) is 0 Å². The highest BCUT2D eigenvalue weighted by Gasteiger charge is 2.13. The number of halogens is 4. The second kappa shape index (κ2) is 6.10. The summed E-state index contributed by atoms with van der Waals surface area (Å²) >= 11 is 9.52. The van der Waals surface area contributed by atoms with Gasteiger partial charge in [0.05, 0.1) is 11.7 Å². The number of hydrogen-bond donors (Lipinski definition) is 1. The lowest BCUT2D eigenvalue weighted by Crippen LogP contribution is -2.09. The average molecular weight is 361 g/mol. The van der Waals surface area contributed by atoms with Gasteiger partial charge in [0.1, 0.15) is 11.6 Å². The molecule has 0 aliphatic carbocycles. The molecule has 1 nitrogen and oxygen atoms in total. The minimum atomic E-state index is -0.585. The van der Waals surface area contributed by atoms with Crippen molar-refractivity contribution in [1.29, 1.82) is 0 Å². The molecule has 1 atom stereocenters. The van der Waals surface area contributed by atoms with Crippen LogP contribution < -0.4 is 5.32 Å². The Kier molecular flexibility index (Phi) is 4.66. The summed E-state index contributed by atoms with van der Waals surface area (Å²) in [6.07, 6.45) is 0. The molecule has 2 rings (SSSR count). The summed E-state index contributed by atoms with van der Waals surface area (Å²) in [4.78, 5) is 0. The molecule has 0 amide bonds. The summed E-state index contributed by atoms with van der Waals surface area (Å²) in [5.41, 5.74) is 2.11. The largest absolute Gasteiger partial charge is 0.377 e. The molecule has 0 saturated heterocycles. The van der Waals surface area contributed by atoms with E-state index in [0.29, 0.717) is 10.6 Å². The first-order valence-corrected chi connectivity index (χ1v) is 7.22. The van der Waals surface area contributed by atoms with Crippen molar-refractivity contribution in [2.24, 2.45) is 0 Å². The number of aryl methyl sites for hydroxylation is 1. The molecule has 2 aromatic carbocycles. The molecule has 0 spiro atoms. The second-order valence-electron chi connectivity index (χ2n) is 4.61. The van der Waals surface area contributed by atoms with Gasteiger partial charge in [-0.2, -0.15) is 0 Å². The Morgan fingerprint density at radius 1 is 1.20 bits per heavy atom. The van der Waals surface area contributed by atoms with Gasteiger partial charge in [-0.15, -0.1) is 0 Å². The molecule has 106 valence electrons. The number of hydrogen-bond acceptors (Lipinski definition) is 1. The summed E-state index contributed by atoms with van der Waals surface area (Å²) in [5, 5.41) is 3.79. The third-order valence-electron chi connectivity index (χ3n) is 3.05. The maximum Gasteiger partial charge on any atom is 0.131 e. The Hall–Kier alpha value is -1.13. The molecule has 1 unspecified atom stereocenters. The van der Waals surface area contributed by atoms with E-state index in [2.05, 4.69) is 21.2 Å². The SMILES string of the molecule is Cc1cc(Br)c(NC(C)c2ccc(F)cc2F)cc1Cl. The molecular formula is C15H13BrClF2N. The fourth-order valence-corrected chi connectivity index (χ4v) is 2.66. The van der Waals surface area contributed by atoms with Crippen LogP contribution in [0.3, 0.4) is 0 Å². The maximum absolute atomic E-state index is 13.7. The van der Waals surface area contributed by atoms with E-state index in [9.17, 15) is 8.78 Å². The molecule has 0 saturated carbocycles. The quantitative estimate of drug-likeness (QED) is 0.722. The van der Waals surface area contributed by atoms with Crippen LogP contribution in [-0.2, 0) is 0 Å². The van der Waals surface area contributed by atoms with Crippen molar-refractivity contribution < 1.29 is 8.78 Å². The first kappa shape index (κ1) is 15.3. The first-order valence-electron chi connectivity index (χ1n) is 6.05. The Balaban J connectivity index is 2.27. The average Bonchev–Trinajstić information content (AvgIpc) is 2.35. The van der Waals surface area contributed by atoms with Crippen LogP contribution in [0.1, 0.15) is 24.1 Å². The van der Waals surface area contributed by atoms with E-state index >= 15 is 0 Å². The van der Waals surface area contributed by atoms with Gasteiger partial charge in [-0.25, -0.2) is 8.78 Å². The van der Waals surface area contributed by atoms with Gasteiger partial charge in [-0.1, -0.05) is 17.7 Å². The van der Waals surface area contributed by atoms with Crippen LogP contribution in [0.4, 0.5) is 14.5 Å². The van der Waals surface area contributed by atoms with E-state index in [1.165, 1.54) is 12.1 Å². The van der Waals surface area contributed by atoms with Crippen LogP contribution in [0.15, 0.2) is 34.8 Å². The Bertz CT molecular complexity index is 646. The zero-order valence-electron chi connectivity index (χ0n) is 11.0. The topological polar surface area (TPSA) is 12.0 Å². The predicted molar refractivity (Wildman–Crippen MR) is 82.3 cm³/mol. The second-order valence-corrected chi connectivity index (χ2v) is 5.87. The highest BCUT2D eigenvalue weighted by Crippen LogP contribution is 2.32.